The highest BCUT2D eigenvalue weighted by molar-refractivity contribution is 6.18. The predicted molar refractivity (Wildman–Crippen MR) is 66.8 cm³/mol. The molecule has 0 saturated heterocycles. The Labute approximate surface area is 102 Å². The number of hydrogen-bond acceptors (Lipinski definition) is 2. The third-order valence-electron chi connectivity index (χ3n) is 3.19. The van der Waals surface area contributed by atoms with Crippen molar-refractivity contribution in [3.05, 3.63) is 18.0 Å². The van der Waals surface area contributed by atoms with Crippen LogP contribution in [0, 0.1) is 0 Å². The fourth-order valence-corrected chi connectivity index (χ4v) is 2.44. The van der Waals surface area contributed by atoms with E-state index in [0.29, 0.717) is 11.9 Å². The van der Waals surface area contributed by atoms with E-state index in [1.807, 2.05) is 0 Å². The van der Waals surface area contributed by atoms with Crippen LogP contribution in [0.5, 0.6) is 0 Å². The van der Waals surface area contributed by atoms with Gasteiger partial charge in [0.05, 0.1) is 11.7 Å². The molecule has 0 atom stereocenters. The molecule has 0 spiro atoms. The van der Waals surface area contributed by atoms with Gasteiger partial charge in [-0.05, 0) is 18.9 Å². The summed E-state index contributed by atoms with van der Waals surface area (Å²) in [6, 6.07) is 2.74. The Hall–Kier alpha value is -0.540. The van der Waals surface area contributed by atoms with Crippen molar-refractivity contribution < 1.29 is 0 Å². The third-order valence-corrected chi connectivity index (χ3v) is 3.38. The molecule has 16 heavy (non-hydrogen) atoms. The number of halogens is 1. The van der Waals surface area contributed by atoms with Crippen molar-refractivity contribution in [2.45, 2.75) is 44.7 Å². The van der Waals surface area contributed by atoms with Crippen molar-refractivity contribution >= 4 is 11.6 Å². The lowest BCUT2D eigenvalue weighted by Gasteiger charge is -2.21. The molecule has 0 radical (unpaired) electrons. The van der Waals surface area contributed by atoms with Gasteiger partial charge in [0, 0.05) is 25.2 Å². The Kier molecular flexibility index (Phi) is 4.67. The molecule has 1 aromatic rings. The first kappa shape index (κ1) is 11.9. The maximum atomic E-state index is 5.61. The van der Waals surface area contributed by atoms with Crippen LogP contribution in [0.3, 0.4) is 0 Å². The van der Waals surface area contributed by atoms with Crippen molar-refractivity contribution in [2.24, 2.45) is 0 Å². The van der Waals surface area contributed by atoms with Gasteiger partial charge in [-0.15, -0.1) is 11.6 Å². The summed E-state index contributed by atoms with van der Waals surface area (Å²) in [4.78, 5) is 0. The van der Waals surface area contributed by atoms with Crippen LogP contribution in [0.25, 0.3) is 0 Å². The lowest BCUT2D eigenvalue weighted by Crippen LogP contribution is -2.17. The molecule has 1 aromatic heterocycles. The molecule has 0 unspecified atom stereocenters. The van der Waals surface area contributed by atoms with Gasteiger partial charge in [0.1, 0.15) is 0 Å². The van der Waals surface area contributed by atoms with E-state index in [-0.39, 0.29) is 0 Å². The molecule has 1 heterocycles. The Morgan fingerprint density at radius 3 is 2.94 bits per heavy atom. The average molecular weight is 242 g/mol. The van der Waals surface area contributed by atoms with Crippen LogP contribution < -0.4 is 5.32 Å². The Morgan fingerprint density at radius 1 is 1.38 bits per heavy atom. The second-order valence-corrected chi connectivity index (χ2v) is 4.82. The zero-order valence-electron chi connectivity index (χ0n) is 9.66. The normalized spacial score (nSPS) is 17.8. The van der Waals surface area contributed by atoms with Gasteiger partial charge < -0.3 is 5.32 Å². The Bertz CT molecular complexity index is 305. The van der Waals surface area contributed by atoms with E-state index >= 15 is 0 Å². The fraction of sp³-hybridized carbons (Fsp3) is 0.750. The van der Waals surface area contributed by atoms with E-state index in [1.165, 1.54) is 32.1 Å². The van der Waals surface area contributed by atoms with E-state index < -0.39 is 0 Å². The van der Waals surface area contributed by atoms with Crippen molar-refractivity contribution in [3.63, 3.8) is 0 Å². The molecule has 2 rings (SSSR count). The van der Waals surface area contributed by atoms with Gasteiger partial charge in [0.2, 0.25) is 0 Å². The van der Waals surface area contributed by atoms with Crippen molar-refractivity contribution in [1.82, 2.24) is 15.1 Å². The molecular weight excluding hydrogens is 222 g/mol. The SMILES string of the molecule is ClCCNCc1ccn(C2CCCCC2)n1. The summed E-state index contributed by atoms with van der Waals surface area (Å²) in [5, 5.41) is 7.88. The third kappa shape index (κ3) is 3.22. The van der Waals surface area contributed by atoms with Crippen LogP contribution in [0.2, 0.25) is 0 Å². The minimum Gasteiger partial charge on any atom is -0.310 e. The summed E-state index contributed by atoms with van der Waals surface area (Å²) in [5.41, 5.74) is 1.12. The smallest absolute Gasteiger partial charge is 0.0762 e. The van der Waals surface area contributed by atoms with Gasteiger partial charge >= 0.3 is 0 Å². The summed E-state index contributed by atoms with van der Waals surface area (Å²) in [5.74, 6) is 0.656. The highest BCUT2D eigenvalue weighted by Crippen LogP contribution is 2.27. The number of hydrogen-bond donors (Lipinski definition) is 1. The fourth-order valence-electron chi connectivity index (χ4n) is 2.30. The van der Waals surface area contributed by atoms with E-state index in [1.54, 1.807) is 0 Å². The summed E-state index contributed by atoms with van der Waals surface area (Å²) < 4.78 is 2.15. The zero-order valence-corrected chi connectivity index (χ0v) is 10.4. The number of nitrogens with one attached hydrogen (secondary N) is 1. The molecule has 0 aromatic carbocycles. The largest absolute Gasteiger partial charge is 0.310 e. The topological polar surface area (TPSA) is 29.9 Å². The minimum absolute atomic E-state index is 0.635. The predicted octanol–water partition coefficient (Wildman–Crippen LogP) is 2.72. The van der Waals surface area contributed by atoms with Crippen LogP contribution in [0.1, 0.15) is 43.8 Å². The van der Waals surface area contributed by atoms with Crippen LogP contribution in [-0.2, 0) is 6.54 Å². The number of nitrogens with zero attached hydrogens (tertiary/aromatic N) is 2. The minimum atomic E-state index is 0.635. The first-order valence-corrected chi connectivity index (χ1v) is 6.74. The molecule has 1 N–H and O–H groups in total. The number of aromatic nitrogens is 2. The summed E-state index contributed by atoms with van der Waals surface area (Å²) in [6.45, 7) is 1.67. The lowest BCUT2D eigenvalue weighted by atomic mass is 9.96. The number of rotatable bonds is 5. The summed E-state index contributed by atoms with van der Waals surface area (Å²) in [7, 11) is 0. The van der Waals surface area contributed by atoms with Gasteiger partial charge in [0.25, 0.3) is 0 Å². The molecule has 1 fully saturated rings. The monoisotopic (exact) mass is 241 g/mol. The average Bonchev–Trinajstić information content (AvgIpc) is 2.79. The van der Waals surface area contributed by atoms with Crippen LogP contribution >= 0.6 is 11.6 Å². The highest BCUT2D eigenvalue weighted by Gasteiger charge is 2.15. The van der Waals surface area contributed by atoms with Crippen LogP contribution in [-0.4, -0.2) is 22.2 Å². The quantitative estimate of drug-likeness (QED) is 0.635. The second-order valence-electron chi connectivity index (χ2n) is 4.44. The first-order valence-electron chi connectivity index (χ1n) is 6.21. The standard InChI is InChI=1S/C12H20ClN3/c13-7-8-14-10-11-6-9-16(15-11)12-4-2-1-3-5-12/h6,9,12,14H,1-5,7-8,10H2. The van der Waals surface area contributed by atoms with Crippen LogP contribution in [0.15, 0.2) is 12.3 Å². The van der Waals surface area contributed by atoms with Gasteiger partial charge in [-0.2, -0.15) is 5.10 Å². The highest BCUT2D eigenvalue weighted by atomic mass is 35.5. The number of alkyl halides is 1. The van der Waals surface area contributed by atoms with Gasteiger partial charge in [0.15, 0.2) is 0 Å². The molecule has 1 aliphatic rings. The zero-order chi connectivity index (χ0) is 11.2. The van der Waals surface area contributed by atoms with Crippen molar-refractivity contribution in [1.29, 1.82) is 0 Å². The molecule has 1 aliphatic carbocycles. The molecular formula is C12H20ClN3. The van der Waals surface area contributed by atoms with E-state index in [4.69, 9.17) is 11.6 Å². The molecule has 4 heteroatoms. The van der Waals surface area contributed by atoms with Gasteiger partial charge in [-0.3, -0.25) is 4.68 Å². The molecule has 1 saturated carbocycles. The Morgan fingerprint density at radius 2 is 2.19 bits per heavy atom. The second kappa shape index (κ2) is 6.26. The molecule has 3 nitrogen and oxygen atoms in total. The van der Waals surface area contributed by atoms with Crippen LogP contribution in [0.4, 0.5) is 0 Å². The van der Waals surface area contributed by atoms with E-state index in [2.05, 4.69) is 27.4 Å². The van der Waals surface area contributed by atoms with Crippen molar-refractivity contribution in [2.75, 3.05) is 12.4 Å². The summed E-state index contributed by atoms with van der Waals surface area (Å²) in [6.07, 6.45) is 8.79. The summed E-state index contributed by atoms with van der Waals surface area (Å²) >= 11 is 5.61. The lowest BCUT2D eigenvalue weighted by molar-refractivity contribution is 0.328. The maximum Gasteiger partial charge on any atom is 0.0762 e. The Balaban J connectivity index is 1.85. The molecule has 0 aliphatic heterocycles. The molecule has 0 bridgehead atoms. The van der Waals surface area contributed by atoms with E-state index in [9.17, 15) is 0 Å². The van der Waals surface area contributed by atoms with Gasteiger partial charge in [-0.1, -0.05) is 19.3 Å². The van der Waals surface area contributed by atoms with Gasteiger partial charge in [-0.25, -0.2) is 0 Å². The van der Waals surface area contributed by atoms with E-state index in [0.717, 1.165) is 18.8 Å². The first-order chi connectivity index (χ1) is 7.90. The molecule has 90 valence electrons. The maximum absolute atomic E-state index is 5.61. The van der Waals surface area contributed by atoms with Crippen molar-refractivity contribution in [3.8, 4) is 0 Å². The molecule has 0 amide bonds.